The Balaban J connectivity index is 2.56. The van der Waals surface area contributed by atoms with Gasteiger partial charge in [-0.2, -0.15) is 0 Å². The van der Waals surface area contributed by atoms with E-state index in [1.165, 1.54) is 20.3 Å². The number of alkyl halides is 1. The molecule has 2 aromatic carbocycles. The van der Waals surface area contributed by atoms with Crippen molar-refractivity contribution in [3.8, 4) is 11.5 Å². The van der Waals surface area contributed by atoms with Gasteiger partial charge in [0.15, 0.2) is 0 Å². The summed E-state index contributed by atoms with van der Waals surface area (Å²) in [4.78, 5) is 0. The van der Waals surface area contributed by atoms with Gasteiger partial charge >= 0.3 is 0 Å². The lowest BCUT2D eigenvalue weighted by Crippen LogP contribution is -2.01. The first-order chi connectivity index (χ1) is 10.0. The minimum absolute atomic E-state index is 0.319. The van der Waals surface area contributed by atoms with Crippen LogP contribution in [0, 0.1) is 5.82 Å². The van der Waals surface area contributed by atoms with E-state index in [2.05, 4.69) is 15.9 Å². The quantitative estimate of drug-likeness (QED) is 0.630. The maximum atomic E-state index is 13.7. The predicted octanol–water partition coefficient (Wildman–Crippen LogP) is 5.59. The van der Waals surface area contributed by atoms with Crippen LogP contribution in [0.3, 0.4) is 0 Å². The molecular weight excluding hydrogens is 382 g/mol. The minimum Gasteiger partial charge on any atom is -0.495 e. The molecular formula is C15H12BrCl2FO2. The van der Waals surface area contributed by atoms with E-state index in [0.29, 0.717) is 32.1 Å². The van der Waals surface area contributed by atoms with E-state index < -0.39 is 5.38 Å². The van der Waals surface area contributed by atoms with Gasteiger partial charge in [-0.3, -0.25) is 0 Å². The Morgan fingerprint density at radius 2 is 1.81 bits per heavy atom. The van der Waals surface area contributed by atoms with Crippen LogP contribution in [0.25, 0.3) is 0 Å². The predicted molar refractivity (Wildman–Crippen MR) is 86.4 cm³/mol. The van der Waals surface area contributed by atoms with Gasteiger partial charge in [-0.1, -0.05) is 23.7 Å². The third-order valence-electron chi connectivity index (χ3n) is 3.04. The smallest absolute Gasteiger partial charge is 0.146 e. The number of ether oxygens (including phenoxy) is 2. The van der Waals surface area contributed by atoms with Crippen molar-refractivity contribution in [1.29, 1.82) is 0 Å². The first kappa shape index (κ1) is 16.4. The molecule has 2 rings (SSSR count). The van der Waals surface area contributed by atoms with Gasteiger partial charge in [0.2, 0.25) is 0 Å². The number of rotatable bonds is 4. The standard InChI is InChI=1S/C15H12BrCl2FO2/c1-20-11-7-6-9(15(21-2)14(11)18)13(17)8-4-3-5-10(19)12(8)16/h3-7,13H,1-2H3. The van der Waals surface area contributed by atoms with Crippen LogP contribution in [0.4, 0.5) is 4.39 Å². The van der Waals surface area contributed by atoms with Gasteiger partial charge in [0.25, 0.3) is 0 Å². The summed E-state index contributed by atoms with van der Waals surface area (Å²) in [6.07, 6.45) is 0. The largest absolute Gasteiger partial charge is 0.495 e. The van der Waals surface area contributed by atoms with Crippen LogP contribution in [0.5, 0.6) is 11.5 Å². The molecule has 112 valence electrons. The maximum Gasteiger partial charge on any atom is 0.146 e. The van der Waals surface area contributed by atoms with E-state index in [1.54, 1.807) is 24.3 Å². The molecule has 0 heterocycles. The second-order valence-electron chi connectivity index (χ2n) is 4.21. The molecule has 2 aromatic rings. The Labute approximate surface area is 140 Å². The molecule has 0 amide bonds. The maximum absolute atomic E-state index is 13.7. The second kappa shape index (κ2) is 6.86. The zero-order chi connectivity index (χ0) is 15.6. The van der Waals surface area contributed by atoms with Gasteiger partial charge in [0.1, 0.15) is 22.3 Å². The zero-order valence-corrected chi connectivity index (χ0v) is 14.4. The van der Waals surface area contributed by atoms with Crippen LogP contribution in [-0.2, 0) is 0 Å². The molecule has 21 heavy (non-hydrogen) atoms. The van der Waals surface area contributed by atoms with Gasteiger partial charge in [0, 0.05) is 5.56 Å². The molecule has 0 aliphatic rings. The lowest BCUT2D eigenvalue weighted by atomic mass is 10.0. The van der Waals surface area contributed by atoms with Crippen molar-refractivity contribution in [2.24, 2.45) is 0 Å². The second-order valence-corrected chi connectivity index (χ2v) is 5.82. The molecule has 0 aliphatic heterocycles. The molecule has 0 radical (unpaired) electrons. The Hall–Kier alpha value is -0.970. The average Bonchev–Trinajstić information content (AvgIpc) is 2.49. The van der Waals surface area contributed by atoms with Crippen LogP contribution in [0.2, 0.25) is 5.02 Å². The normalized spacial score (nSPS) is 12.1. The van der Waals surface area contributed by atoms with E-state index in [4.69, 9.17) is 32.7 Å². The monoisotopic (exact) mass is 392 g/mol. The van der Waals surface area contributed by atoms with Crippen molar-refractivity contribution >= 4 is 39.1 Å². The highest BCUT2D eigenvalue weighted by Crippen LogP contribution is 2.44. The van der Waals surface area contributed by atoms with E-state index in [9.17, 15) is 4.39 Å². The van der Waals surface area contributed by atoms with Crippen molar-refractivity contribution in [2.45, 2.75) is 5.38 Å². The molecule has 1 unspecified atom stereocenters. The van der Waals surface area contributed by atoms with Gasteiger partial charge in [-0.25, -0.2) is 4.39 Å². The number of hydrogen-bond donors (Lipinski definition) is 0. The van der Waals surface area contributed by atoms with E-state index in [1.807, 2.05) is 0 Å². The highest BCUT2D eigenvalue weighted by molar-refractivity contribution is 9.10. The molecule has 0 aliphatic carbocycles. The highest BCUT2D eigenvalue weighted by atomic mass is 79.9. The van der Waals surface area contributed by atoms with E-state index >= 15 is 0 Å². The number of hydrogen-bond acceptors (Lipinski definition) is 2. The molecule has 0 spiro atoms. The van der Waals surface area contributed by atoms with Crippen LogP contribution in [0.15, 0.2) is 34.8 Å². The molecule has 0 bridgehead atoms. The fraction of sp³-hybridized carbons (Fsp3) is 0.200. The summed E-state index contributed by atoms with van der Waals surface area (Å²) in [5, 5.41) is -0.288. The summed E-state index contributed by atoms with van der Waals surface area (Å²) in [6.45, 7) is 0. The van der Waals surface area contributed by atoms with Gasteiger partial charge < -0.3 is 9.47 Å². The van der Waals surface area contributed by atoms with Crippen LogP contribution >= 0.6 is 39.1 Å². The number of methoxy groups -OCH3 is 2. The molecule has 2 nitrogen and oxygen atoms in total. The summed E-state index contributed by atoms with van der Waals surface area (Å²) < 4.78 is 24.4. The highest BCUT2D eigenvalue weighted by Gasteiger charge is 2.23. The van der Waals surface area contributed by atoms with Crippen LogP contribution in [0.1, 0.15) is 16.5 Å². The van der Waals surface area contributed by atoms with Crippen molar-refractivity contribution in [3.05, 3.63) is 56.8 Å². The summed E-state index contributed by atoms with van der Waals surface area (Å²) in [5.74, 6) is 0.517. The van der Waals surface area contributed by atoms with Crippen LogP contribution in [-0.4, -0.2) is 14.2 Å². The summed E-state index contributed by atoms with van der Waals surface area (Å²) in [6, 6.07) is 8.14. The molecule has 0 N–H and O–H groups in total. The molecule has 0 aromatic heterocycles. The molecule has 1 atom stereocenters. The summed E-state index contributed by atoms with van der Waals surface area (Å²) >= 11 is 15.9. The fourth-order valence-corrected chi connectivity index (χ4v) is 3.31. The van der Waals surface area contributed by atoms with Crippen LogP contribution < -0.4 is 9.47 Å². The topological polar surface area (TPSA) is 18.5 Å². The van der Waals surface area contributed by atoms with Gasteiger partial charge in [-0.05, 0) is 39.7 Å². The minimum atomic E-state index is -0.617. The molecule has 0 saturated heterocycles. The van der Waals surface area contributed by atoms with Crippen molar-refractivity contribution in [2.75, 3.05) is 14.2 Å². The summed E-state index contributed by atoms with van der Waals surface area (Å²) in [5.41, 5.74) is 1.23. The van der Waals surface area contributed by atoms with E-state index in [-0.39, 0.29) is 5.82 Å². The van der Waals surface area contributed by atoms with Gasteiger partial charge in [-0.15, -0.1) is 11.6 Å². The van der Waals surface area contributed by atoms with Gasteiger partial charge in [0.05, 0.1) is 24.1 Å². The van der Waals surface area contributed by atoms with Crippen molar-refractivity contribution in [3.63, 3.8) is 0 Å². The molecule has 6 heteroatoms. The lowest BCUT2D eigenvalue weighted by molar-refractivity contribution is 0.392. The third kappa shape index (κ3) is 3.12. The Kier molecular flexibility index (Phi) is 5.36. The average molecular weight is 394 g/mol. The van der Waals surface area contributed by atoms with E-state index in [0.717, 1.165) is 0 Å². The lowest BCUT2D eigenvalue weighted by Gasteiger charge is -2.18. The zero-order valence-electron chi connectivity index (χ0n) is 11.3. The Morgan fingerprint density at radius 3 is 2.43 bits per heavy atom. The molecule has 0 fully saturated rings. The summed E-state index contributed by atoms with van der Waals surface area (Å²) in [7, 11) is 3.01. The van der Waals surface area contributed by atoms with Crippen molar-refractivity contribution in [1.82, 2.24) is 0 Å². The molecule has 0 saturated carbocycles. The number of halogens is 4. The van der Waals surface area contributed by atoms with Crippen molar-refractivity contribution < 1.29 is 13.9 Å². The first-order valence-corrected chi connectivity index (χ1v) is 7.60. The fourth-order valence-electron chi connectivity index (χ4n) is 2.00. The Bertz CT molecular complexity index is 664. The third-order valence-corrected chi connectivity index (χ3v) is 4.71. The Morgan fingerprint density at radius 1 is 1.10 bits per heavy atom. The SMILES string of the molecule is COc1ccc(C(Cl)c2cccc(F)c2Br)c(OC)c1Cl. The first-order valence-electron chi connectivity index (χ1n) is 5.99. The number of benzene rings is 2.